The summed E-state index contributed by atoms with van der Waals surface area (Å²) in [5.41, 5.74) is 1.67. The summed E-state index contributed by atoms with van der Waals surface area (Å²) >= 11 is 5.90. The van der Waals surface area contributed by atoms with Gasteiger partial charge >= 0.3 is 0 Å². The monoisotopic (exact) mass is 339 g/mol. The van der Waals surface area contributed by atoms with Gasteiger partial charge in [0.15, 0.2) is 0 Å². The number of nitrogens with one attached hydrogen (secondary N) is 1. The number of carbonyl (C=O) groups is 2. The summed E-state index contributed by atoms with van der Waals surface area (Å²) in [6, 6.07) is 5.34. The molecule has 23 heavy (non-hydrogen) atoms. The van der Waals surface area contributed by atoms with E-state index in [0.717, 1.165) is 24.2 Å². The number of amides is 2. The molecule has 1 N–H and O–H groups in total. The van der Waals surface area contributed by atoms with E-state index >= 15 is 0 Å². The van der Waals surface area contributed by atoms with Crippen LogP contribution in [-0.4, -0.2) is 55.3 Å². The fourth-order valence-electron chi connectivity index (χ4n) is 2.22. The maximum atomic E-state index is 12.1. The molecule has 0 spiro atoms. The van der Waals surface area contributed by atoms with Gasteiger partial charge in [-0.3, -0.25) is 9.59 Å². The largest absolute Gasteiger partial charge is 0.342 e. The number of nitrogens with zero attached hydrogens (tertiary/aromatic N) is 2. The molecule has 0 aliphatic carbocycles. The molecule has 0 unspecified atom stereocenters. The van der Waals surface area contributed by atoms with Crippen LogP contribution in [0.15, 0.2) is 18.2 Å². The highest BCUT2D eigenvalue weighted by Crippen LogP contribution is 2.19. The van der Waals surface area contributed by atoms with Gasteiger partial charge in [-0.2, -0.15) is 0 Å². The molecule has 0 fully saturated rings. The molecule has 0 aromatic heterocycles. The first kappa shape index (κ1) is 19.5. The molecule has 0 aliphatic rings. The molecule has 0 heterocycles. The quantitative estimate of drug-likeness (QED) is 0.792. The van der Waals surface area contributed by atoms with Crippen molar-refractivity contribution < 1.29 is 9.59 Å². The van der Waals surface area contributed by atoms with Crippen LogP contribution in [0.5, 0.6) is 0 Å². The Morgan fingerprint density at radius 3 is 2.43 bits per heavy atom. The molecule has 128 valence electrons. The first-order chi connectivity index (χ1) is 10.8. The summed E-state index contributed by atoms with van der Waals surface area (Å²) in [6.07, 6.45) is 1.17. The van der Waals surface area contributed by atoms with Crippen molar-refractivity contribution in [1.82, 2.24) is 9.80 Å². The lowest BCUT2D eigenvalue weighted by atomic mass is 10.2. The van der Waals surface area contributed by atoms with Crippen molar-refractivity contribution in [2.45, 2.75) is 26.7 Å². The van der Waals surface area contributed by atoms with Crippen LogP contribution in [0.3, 0.4) is 0 Å². The lowest BCUT2D eigenvalue weighted by Crippen LogP contribution is -2.34. The maximum absolute atomic E-state index is 12.1. The van der Waals surface area contributed by atoms with Gasteiger partial charge in [-0.25, -0.2) is 0 Å². The number of rotatable bonds is 8. The van der Waals surface area contributed by atoms with Gasteiger partial charge in [0.2, 0.25) is 11.8 Å². The van der Waals surface area contributed by atoms with Crippen molar-refractivity contribution in [3.05, 3.63) is 28.8 Å². The van der Waals surface area contributed by atoms with Crippen molar-refractivity contribution in [3.8, 4) is 0 Å². The van der Waals surface area contributed by atoms with Crippen molar-refractivity contribution in [1.29, 1.82) is 0 Å². The van der Waals surface area contributed by atoms with E-state index in [1.807, 2.05) is 21.0 Å². The predicted octanol–water partition coefficient (Wildman–Crippen LogP) is 2.78. The van der Waals surface area contributed by atoms with E-state index in [1.54, 1.807) is 23.1 Å². The lowest BCUT2D eigenvalue weighted by molar-refractivity contribution is -0.129. The third-order valence-electron chi connectivity index (χ3n) is 3.55. The lowest BCUT2D eigenvalue weighted by Gasteiger charge is -2.22. The Morgan fingerprint density at radius 2 is 1.87 bits per heavy atom. The summed E-state index contributed by atoms with van der Waals surface area (Å²) in [6.45, 7) is 5.45. The Morgan fingerprint density at radius 1 is 1.17 bits per heavy atom. The predicted molar refractivity (Wildman–Crippen MR) is 94.9 cm³/mol. The smallest absolute Gasteiger partial charge is 0.226 e. The zero-order chi connectivity index (χ0) is 17.4. The zero-order valence-corrected chi connectivity index (χ0v) is 15.1. The Labute approximate surface area is 143 Å². The average Bonchev–Trinajstić information content (AvgIpc) is 2.45. The van der Waals surface area contributed by atoms with Crippen molar-refractivity contribution in [3.63, 3.8) is 0 Å². The van der Waals surface area contributed by atoms with E-state index in [0.29, 0.717) is 18.1 Å². The molecule has 1 aromatic carbocycles. The summed E-state index contributed by atoms with van der Waals surface area (Å²) < 4.78 is 0. The highest BCUT2D eigenvalue weighted by atomic mass is 35.5. The van der Waals surface area contributed by atoms with E-state index in [-0.39, 0.29) is 18.2 Å². The molecule has 2 amide bonds. The fraction of sp³-hybridized carbons (Fsp3) is 0.529. The molecule has 0 saturated carbocycles. The molecule has 5 nitrogen and oxygen atoms in total. The first-order valence-electron chi connectivity index (χ1n) is 7.76. The van der Waals surface area contributed by atoms with Crippen LogP contribution in [0.4, 0.5) is 5.69 Å². The van der Waals surface area contributed by atoms with E-state index in [1.165, 1.54) is 6.92 Å². The van der Waals surface area contributed by atoms with Gasteiger partial charge in [0, 0.05) is 37.1 Å². The van der Waals surface area contributed by atoms with Crippen molar-refractivity contribution in [2.75, 3.05) is 39.0 Å². The second kappa shape index (κ2) is 9.53. The number of aryl methyl sites for hydroxylation is 1. The Bertz CT molecular complexity index is 547. The second-order valence-corrected chi connectivity index (χ2v) is 6.36. The van der Waals surface area contributed by atoms with Crippen LogP contribution in [0.1, 0.15) is 25.3 Å². The van der Waals surface area contributed by atoms with E-state index in [9.17, 15) is 9.59 Å². The minimum atomic E-state index is -0.103. The van der Waals surface area contributed by atoms with Gasteiger partial charge in [0.1, 0.15) is 0 Å². The van der Waals surface area contributed by atoms with Gasteiger partial charge in [-0.05, 0) is 57.7 Å². The van der Waals surface area contributed by atoms with E-state index in [2.05, 4.69) is 10.2 Å². The highest BCUT2D eigenvalue weighted by Gasteiger charge is 2.12. The first-order valence-corrected chi connectivity index (χ1v) is 8.13. The van der Waals surface area contributed by atoms with Gasteiger partial charge in [-0.15, -0.1) is 0 Å². The maximum Gasteiger partial charge on any atom is 0.226 e. The van der Waals surface area contributed by atoms with Crippen LogP contribution < -0.4 is 5.32 Å². The van der Waals surface area contributed by atoms with Crippen LogP contribution in [0.2, 0.25) is 5.02 Å². The van der Waals surface area contributed by atoms with Crippen LogP contribution in [-0.2, 0) is 9.59 Å². The van der Waals surface area contributed by atoms with Crippen LogP contribution in [0.25, 0.3) is 0 Å². The standard InChI is InChI=1S/C17H26ClN3O2/c1-13-12-15(18)6-7-16(13)19-17(23)8-11-21(14(2)22)10-5-9-20(3)4/h6-7,12H,5,8-11H2,1-4H3,(H,19,23). The molecule has 1 aromatic rings. The van der Waals surface area contributed by atoms with Crippen LogP contribution >= 0.6 is 11.6 Å². The van der Waals surface area contributed by atoms with Crippen LogP contribution in [0, 0.1) is 6.92 Å². The van der Waals surface area contributed by atoms with E-state index < -0.39 is 0 Å². The van der Waals surface area contributed by atoms with Gasteiger partial charge in [-0.1, -0.05) is 11.6 Å². The number of halogens is 1. The molecular formula is C17H26ClN3O2. The second-order valence-electron chi connectivity index (χ2n) is 5.92. The molecule has 6 heteroatoms. The Balaban J connectivity index is 2.47. The van der Waals surface area contributed by atoms with Gasteiger partial charge in [0.25, 0.3) is 0 Å². The van der Waals surface area contributed by atoms with E-state index in [4.69, 9.17) is 11.6 Å². The molecule has 0 radical (unpaired) electrons. The summed E-state index contributed by atoms with van der Waals surface area (Å²) in [5, 5.41) is 3.50. The Hall–Kier alpha value is -1.59. The summed E-state index contributed by atoms with van der Waals surface area (Å²) in [5.74, 6) is -0.103. The minimum absolute atomic E-state index is 0.000713. The average molecular weight is 340 g/mol. The number of carbonyl (C=O) groups excluding carboxylic acids is 2. The molecule has 0 aliphatic heterocycles. The third-order valence-corrected chi connectivity index (χ3v) is 3.79. The van der Waals surface area contributed by atoms with Gasteiger partial charge in [0.05, 0.1) is 0 Å². The minimum Gasteiger partial charge on any atom is -0.342 e. The zero-order valence-electron chi connectivity index (χ0n) is 14.4. The molecule has 0 bridgehead atoms. The molecule has 1 rings (SSSR count). The number of hydrogen-bond donors (Lipinski definition) is 1. The van der Waals surface area contributed by atoms with Crippen molar-refractivity contribution >= 4 is 29.1 Å². The third kappa shape index (κ3) is 7.48. The normalized spacial score (nSPS) is 10.7. The highest BCUT2D eigenvalue weighted by molar-refractivity contribution is 6.30. The Kier molecular flexibility index (Phi) is 8.06. The van der Waals surface area contributed by atoms with Gasteiger partial charge < -0.3 is 15.1 Å². The number of benzene rings is 1. The summed E-state index contributed by atoms with van der Waals surface area (Å²) in [4.78, 5) is 27.5. The fourth-order valence-corrected chi connectivity index (χ4v) is 2.45. The molecule has 0 saturated heterocycles. The topological polar surface area (TPSA) is 52.7 Å². The number of hydrogen-bond acceptors (Lipinski definition) is 3. The molecular weight excluding hydrogens is 314 g/mol. The molecule has 0 atom stereocenters. The SMILES string of the molecule is CC(=O)N(CCCN(C)C)CCC(=O)Nc1ccc(Cl)cc1C. The van der Waals surface area contributed by atoms with Crippen molar-refractivity contribution in [2.24, 2.45) is 0 Å². The summed E-state index contributed by atoms with van der Waals surface area (Å²) in [7, 11) is 4.00. The number of anilines is 1.